The number of phenols is 2. The first-order valence-electron chi connectivity index (χ1n) is 8.05. The summed E-state index contributed by atoms with van der Waals surface area (Å²) in [6.07, 6.45) is 0.834. The van der Waals surface area contributed by atoms with Crippen molar-refractivity contribution in [2.24, 2.45) is 0 Å². The first-order chi connectivity index (χ1) is 12.3. The lowest BCUT2D eigenvalue weighted by Crippen LogP contribution is -2.65. The van der Waals surface area contributed by atoms with Crippen molar-refractivity contribution in [2.75, 3.05) is 18.6 Å². The number of ketones is 1. The van der Waals surface area contributed by atoms with Crippen LogP contribution in [0.5, 0.6) is 11.5 Å². The molecule has 3 atom stereocenters. The number of amides is 2. The van der Waals surface area contributed by atoms with Crippen LogP contribution >= 0.6 is 11.8 Å². The van der Waals surface area contributed by atoms with Crippen molar-refractivity contribution in [2.45, 2.75) is 31.5 Å². The molecule has 0 spiro atoms. The minimum Gasteiger partial charge on any atom is -0.504 e. The zero-order valence-electron chi connectivity index (χ0n) is 14.5. The summed E-state index contributed by atoms with van der Waals surface area (Å²) in [5.74, 6) is -1.49. The third kappa shape index (κ3) is 4.28. The number of aliphatic hydroxyl groups excluding tert-OH is 1. The Morgan fingerprint density at radius 1 is 1.31 bits per heavy atom. The molecule has 4 N–H and O–H groups in total. The molecule has 0 aliphatic carbocycles. The summed E-state index contributed by atoms with van der Waals surface area (Å²) in [4.78, 5) is 38.0. The highest BCUT2D eigenvalue weighted by Crippen LogP contribution is 2.31. The van der Waals surface area contributed by atoms with Crippen LogP contribution in [0.2, 0.25) is 0 Å². The van der Waals surface area contributed by atoms with Crippen molar-refractivity contribution in [3.05, 3.63) is 23.8 Å². The van der Waals surface area contributed by atoms with Crippen LogP contribution in [0.1, 0.15) is 25.0 Å². The second kappa shape index (κ2) is 8.41. The summed E-state index contributed by atoms with van der Waals surface area (Å²) in [7, 11) is 0. The van der Waals surface area contributed by atoms with Crippen molar-refractivity contribution in [1.29, 1.82) is 0 Å². The van der Waals surface area contributed by atoms with Gasteiger partial charge in [0, 0.05) is 0 Å². The maximum absolute atomic E-state index is 12.7. The summed E-state index contributed by atoms with van der Waals surface area (Å²) >= 11 is 1.53. The highest BCUT2D eigenvalue weighted by molar-refractivity contribution is 7.98. The fourth-order valence-electron chi connectivity index (χ4n) is 2.87. The van der Waals surface area contributed by atoms with Crippen LogP contribution in [-0.4, -0.2) is 68.5 Å². The molecule has 1 heterocycles. The fraction of sp³-hybridized carbons (Fsp3) is 0.471. The van der Waals surface area contributed by atoms with Crippen molar-refractivity contribution in [3.63, 3.8) is 0 Å². The van der Waals surface area contributed by atoms with Crippen LogP contribution in [0.4, 0.5) is 0 Å². The van der Waals surface area contributed by atoms with Crippen molar-refractivity contribution >= 4 is 29.4 Å². The van der Waals surface area contributed by atoms with Gasteiger partial charge in [-0.05, 0) is 43.0 Å². The molecule has 3 unspecified atom stereocenters. The number of hydrogen-bond donors (Lipinski definition) is 4. The molecule has 1 aliphatic rings. The molecule has 1 aliphatic heterocycles. The average molecular weight is 382 g/mol. The zero-order valence-corrected chi connectivity index (χ0v) is 15.3. The predicted molar refractivity (Wildman–Crippen MR) is 95.8 cm³/mol. The second-order valence-electron chi connectivity index (χ2n) is 6.15. The molecule has 0 saturated carbocycles. The van der Waals surface area contributed by atoms with Crippen LogP contribution in [0.25, 0.3) is 0 Å². The van der Waals surface area contributed by atoms with Gasteiger partial charge in [-0.15, -0.1) is 0 Å². The molecular formula is C17H22N2O6S. The minimum absolute atomic E-state index is 0.143. The van der Waals surface area contributed by atoms with E-state index in [2.05, 4.69) is 5.32 Å². The van der Waals surface area contributed by atoms with E-state index in [-0.39, 0.29) is 23.6 Å². The number of nitrogens with zero attached hydrogens (tertiary/aromatic N) is 1. The monoisotopic (exact) mass is 382 g/mol. The van der Waals surface area contributed by atoms with E-state index in [0.29, 0.717) is 12.2 Å². The molecule has 2 amide bonds. The number of rotatable bonds is 7. The molecule has 26 heavy (non-hydrogen) atoms. The molecule has 2 rings (SSSR count). The van der Waals surface area contributed by atoms with Gasteiger partial charge in [0.05, 0.1) is 6.54 Å². The Kier molecular flexibility index (Phi) is 6.49. The lowest BCUT2D eigenvalue weighted by molar-refractivity contribution is -0.155. The van der Waals surface area contributed by atoms with Crippen LogP contribution in [0, 0.1) is 0 Å². The van der Waals surface area contributed by atoms with E-state index in [1.807, 2.05) is 6.26 Å². The summed E-state index contributed by atoms with van der Waals surface area (Å²) in [6, 6.07) is 1.58. The van der Waals surface area contributed by atoms with E-state index in [0.717, 1.165) is 11.0 Å². The number of Topliss-reactive ketones (excluding diaryl/α,β-unsaturated/α-hetero) is 1. The molecule has 1 aromatic carbocycles. The Morgan fingerprint density at radius 2 is 2.00 bits per heavy atom. The zero-order chi connectivity index (χ0) is 19.4. The molecule has 0 aromatic heterocycles. The highest BCUT2D eigenvalue weighted by Gasteiger charge is 2.44. The molecular weight excluding hydrogens is 360 g/mol. The third-order valence-corrected chi connectivity index (χ3v) is 4.79. The maximum Gasteiger partial charge on any atom is 0.246 e. The number of thioether (sulfide) groups is 1. The molecule has 1 fully saturated rings. The molecule has 1 saturated heterocycles. The van der Waals surface area contributed by atoms with Gasteiger partial charge in [0.25, 0.3) is 0 Å². The van der Waals surface area contributed by atoms with E-state index in [9.17, 15) is 29.7 Å². The van der Waals surface area contributed by atoms with Gasteiger partial charge in [0.15, 0.2) is 11.5 Å². The molecule has 1 aromatic rings. The summed E-state index contributed by atoms with van der Waals surface area (Å²) in [5, 5.41) is 32.2. The largest absolute Gasteiger partial charge is 0.504 e. The van der Waals surface area contributed by atoms with Crippen LogP contribution in [0.3, 0.4) is 0 Å². The SMILES string of the molecule is CSCCC1NC(=O)C(C(O)c2ccc(O)c(O)c2)N(CC(C)=O)C1=O. The van der Waals surface area contributed by atoms with Gasteiger partial charge >= 0.3 is 0 Å². The predicted octanol–water partition coefficient (Wildman–Crippen LogP) is 0.169. The van der Waals surface area contributed by atoms with E-state index < -0.39 is 35.8 Å². The van der Waals surface area contributed by atoms with Gasteiger partial charge in [-0.25, -0.2) is 0 Å². The van der Waals surface area contributed by atoms with E-state index in [1.165, 1.54) is 30.8 Å². The van der Waals surface area contributed by atoms with Gasteiger partial charge < -0.3 is 25.5 Å². The van der Waals surface area contributed by atoms with E-state index >= 15 is 0 Å². The van der Waals surface area contributed by atoms with Crippen molar-refractivity contribution in [3.8, 4) is 11.5 Å². The Morgan fingerprint density at radius 3 is 2.58 bits per heavy atom. The Balaban J connectivity index is 2.33. The van der Waals surface area contributed by atoms with Gasteiger partial charge in [-0.2, -0.15) is 11.8 Å². The van der Waals surface area contributed by atoms with Gasteiger partial charge in [-0.3, -0.25) is 14.4 Å². The second-order valence-corrected chi connectivity index (χ2v) is 7.13. The van der Waals surface area contributed by atoms with Gasteiger partial charge in [0.1, 0.15) is 24.0 Å². The Bertz CT molecular complexity index is 710. The standard InChI is InChI=1S/C17H22N2O6S/c1-9(20)8-19-14(15(23)10-3-4-12(21)13(22)7-10)16(24)18-11(17(19)25)5-6-26-2/h3-4,7,11,14-15,21-23H,5-6,8H2,1-2H3,(H,18,24). The number of hydrogen-bond acceptors (Lipinski definition) is 7. The smallest absolute Gasteiger partial charge is 0.246 e. The van der Waals surface area contributed by atoms with Gasteiger partial charge in [0.2, 0.25) is 11.8 Å². The summed E-state index contributed by atoms with van der Waals surface area (Å²) in [5.41, 5.74) is 0.143. The molecule has 8 nitrogen and oxygen atoms in total. The van der Waals surface area contributed by atoms with E-state index in [1.54, 1.807) is 0 Å². The number of carbonyl (C=O) groups excluding carboxylic acids is 3. The number of piperazine rings is 1. The number of aliphatic hydroxyl groups is 1. The molecule has 0 radical (unpaired) electrons. The van der Waals surface area contributed by atoms with Crippen LogP contribution in [0.15, 0.2) is 18.2 Å². The Hall–Kier alpha value is -2.26. The first-order valence-corrected chi connectivity index (χ1v) is 9.44. The summed E-state index contributed by atoms with van der Waals surface area (Å²) < 4.78 is 0. The van der Waals surface area contributed by atoms with Crippen LogP contribution < -0.4 is 5.32 Å². The number of nitrogens with one attached hydrogen (secondary N) is 1. The fourth-order valence-corrected chi connectivity index (χ4v) is 3.34. The summed E-state index contributed by atoms with van der Waals surface area (Å²) in [6.45, 7) is 1.00. The number of carbonyl (C=O) groups is 3. The number of aromatic hydroxyl groups is 2. The first kappa shape index (κ1) is 20.1. The minimum atomic E-state index is -1.47. The number of phenolic OH excluding ortho intramolecular Hbond substituents is 2. The Labute approximate surface area is 155 Å². The van der Waals surface area contributed by atoms with Crippen LogP contribution in [-0.2, 0) is 14.4 Å². The molecule has 9 heteroatoms. The topological polar surface area (TPSA) is 127 Å². The average Bonchev–Trinajstić information content (AvgIpc) is 2.58. The molecule has 142 valence electrons. The van der Waals surface area contributed by atoms with E-state index in [4.69, 9.17) is 0 Å². The van der Waals surface area contributed by atoms with Gasteiger partial charge in [-0.1, -0.05) is 6.07 Å². The highest BCUT2D eigenvalue weighted by atomic mass is 32.2. The number of benzene rings is 1. The lowest BCUT2D eigenvalue weighted by atomic mass is 9.95. The third-order valence-electron chi connectivity index (χ3n) is 4.15. The van der Waals surface area contributed by atoms with Crippen molar-refractivity contribution < 1.29 is 29.7 Å². The van der Waals surface area contributed by atoms with Crippen molar-refractivity contribution in [1.82, 2.24) is 10.2 Å². The lowest BCUT2D eigenvalue weighted by Gasteiger charge is -2.40. The normalized spacial score (nSPS) is 21.4. The quantitative estimate of drug-likeness (QED) is 0.495. The maximum atomic E-state index is 12.7. The molecule has 0 bridgehead atoms.